The van der Waals surface area contributed by atoms with Crippen molar-refractivity contribution in [2.45, 2.75) is 6.18 Å². The first kappa shape index (κ1) is 21.3. The topological polar surface area (TPSA) is 73.2 Å². The van der Waals surface area contributed by atoms with Gasteiger partial charge in [0.05, 0.1) is 31.5 Å². The molecule has 0 unspecified atom stereocenters. The summed E-state index contributed by atoms with van der Waals surface area (Å²) in [7, 11) is 4.75. The molecule has 0 aliphatic heterocycles. The van der Waals surface area contributed by atoms with E-state index in [-0.39, 0.29) is 0 Å². The monoisotopic (exact) mass is 443 g/mol. The molecule has 4 rings (SSSR count). The molecule has 2 heterocycles. The molecular weight excluding hydrogens is 423 g/mol. The Labute approximate surface area is 181 Å². The Morgan fingerprint density at radius 3 is 2.44 bits per heavy atom. The van der Waals surface area contributed by atoms with Gasteiger partial charge in [0.15, 0.2) is 11.5 Å². The minimum atomic E-state index is -4.45. The van der Waals surface area contributed by atoms with E-state index in [0.29, 0.717) is 45.7 Å². The van der Waals surface area contributed by atoms with E-state index < -0.39 is 11.7 Å². The van der Waals surface area contributed by atoms with Crippen molar-refractivity contribution in [3.8, 4) is 17.2 Å². The predicted molar refractivity (Wildman–Crippen MR) is 116 cm³/mol. The van der Waals surface area contributed by atoms with Crippen LogP contribution in [0.5, 0.6) is 11.5 Å². The molecular formula is C22H20F3N5O2. The summed E-state index contributed by atoms with van der Waals surface area (Å²) in [6.45, 7) is 0. The third-order valence-corrected chi connectivity index (χ3v) is 4.85. The number of imidazole rings is 1. The van der Waals surface area contributed by atoms with Crippen molar-refractivity contribution < 1.29 is 22.6 Å². The van der Waals surface area contributed by atoms with Crippen LogP contribution in [0.1, 0.15) is 5.56 Å². The second-order valence-corrected chi connectivity index (χ2v) is 6.82. The van der Waals surface area contributed by atoms with Crippen LogP contribution >= 0.6 is 0 Å². The fourth-order valence-electron chi connectivity index (χ4n) is 3.36. The smallest absolute Gasteiger partial charge is 0.416 e. The molecule has 0 aliphatic carbocycles. The van der Waals surface area contributed by atoms with Gasteiger partial charge in [0.25, 0.3) is 0 Å². The van der Waals surface area contributed by atoms with Gasteiger partial charge in [-0.25, -0.2) is 9.97 Å². The van der Waals surface area contributed by atoms with Gasteiger partial charge in [0, 0.05) is 30.6 Å². The summed E-state index contributed by atoms with van der Waals surface area (Å²) in [6.07, 6.45) is -2.89. The lowest BCUT2D eigenvalue weighted by molar-refractivity contribution is -0.137. The zero-order valence-electron chi connectivity index (χ0n) is 17.5. The number of rotatable bonds is 6. The van der Waals surface area contributed by atoms with Gasteiger partial charge in [-0.05, 0) is 30.3 Å². The van der Waals surface area contributed by atoms with E-state index in [1.54, 1.807) is 62.4 Å². The molecule has 4 aromatic rings. The maximum absolute atomic E-state index is 13.2. The molecule has 10 heteroatoms. The van der Waals surface area contributed by atoms with E-state index in [9.17, 15) is 13.2 Å². The maximum atomic E-state index is 13.2. The van der Waals surface area contributed by atoms with Crippen LogP contribution < -0.4 is 20.1 Å². The molecule has 2 N–H and O–H groups in total. The molecule has 0 radical (unpaired) electrons. The van der Waals surface area contributed by atoms with E-state index in [4.69, 9.17) is 9.47 Å². The Hall–Kier alpha value is -3.95. The predicted octanol–water partition coefficient (Wildman–Crippen LogP) is 5.24. The fraction of sp³-hybridized carbons (Fsp3) is 0.182. The van der Waals surface area contributed by atoms with Crippen LogP contribution in [-0.4, -0.2) is 35.8 Å². The van der Waals surface area contributed by atoms with Gasteiger partial charge in [0.1, 0.15) is 11.3 Å². The minimum absolute atomic E-state index is 0.329. The highest BCUT2D eigenvalue weighted by molar-refractivity contribution is 5.83. The molecule has 32 heavy (non-hydrogen) atoms. The molecule has 2 aromatic carbocycles. The van der Waals surface area contributed by atoms with Crippen molar-refractivity contribution in [2.24, 2.45) is 0 Å². The van der Waals surface area contributed by atoms with Crippen LogP contribution in [0, 0.1) is 0 Å². The molecule has 0 bridgehead atoms. The highest BCUT2D eigenvalue weighted by atomic mass is 19.4. The molecule has 0 amide bonds. The lowest BCUT2D eigenvalue weighted by Gasteiger charge is -2.13. The minimum Gasteiger partial charge on any atom is -0.493 e. The number of hydrogen-bond acceptors (Lipinski definition) is 6. The van der Waals surface area contributed by atoms with E-state index in [1.165, 1.54) is 6.07 Å². The largest absolute Gasteiger partial charge is 0.493 e. The standard InChI is InChI=1S/C22H20F3N5O2/c1-26-21-29-16-12-27-20(28-14-7-8-18(31-2)19(10-14)32-3)11-17(16)30(21)15-6-4-5-13(9-15)22(23,24)25/h4-12H,1-3H3,(H,26,29)(H,27,28). The zero-order chi connectivity index (χ0) is 22.9. The summed E-state index contributed by atoms with van der Waals surface area (Å²) in [5.74, 6) is 2.01. The summed E-state index contributed by atoms with van der Waals surface area (Å²) in [5, 5.41) is 6.11. The van der Waals surface area contributed by atoms with Gasteiger partial charge in [-0.15, -0.1) is 0 Å². The normalized spacial score (nSPS) is 11.4. The lowest BCUT2D eigenvalue weighted by Crippen LogP contribution is -2.07. The lowest BCUT2D eigenvalue weighted by atomic mass is 10.2. The number of fused-ring (bicyclic) bond motifs is 1. The van der Waals surface area contributed by atoms with Gasteiger partial charge >= 0.3 is 6.18 Å². The van der Waals surface area contributed by atoms with E-state index >= 15 is 0 Å². The van der Waals surface area contributed by atoms with E-state index in [2.05, 4.69) is 20.6 Å². The number of anilines is 3. The number of halogens is 3. The summed E-state index contributed by atoms with van der Waals surface area (Å²) < 4.78 is 51.9. The van der Waals surface area contributed by atoms with Gasteiger partial charge in [0.2, 0.25) is 5.95 Å². The third-order valence-electron chi connectivity index (χ3n) is 4.85. The second kappa shape index (κ2) is 8.29. The molecule has 2 aromatic heterocycles. The SMILES string of the molecule is CNc1nc2cnc(Nc3ccc(OC)c(OC)c3)cc2n1-c1cccc(C(F)(F)F)c1. The Kier molecular flexibility index (Phi) is 5.52. The molecule has 0 fully saturated rings. The van der Waals surface area contributed by atoms with Gasteiger partial charge in [-0.3, -0.25) is 4.57 Å². The van der Waals surface area contributed by atoms with Crippen LogP contribution in [0.4, 0.5) is 30.6 Å². The van der Waals surface area contributed by atoms with Crippen molar-refractivity contribution in [1.29, 1.82) is 0 Å². The highest BCUT2D eigenvalue weighted by Crippen LogP contribution is 2.34. The number of ether oxygens (including phenoxy) is 2. The first-order chi connectivity index (χ1) is 15.3. The van der Waals surface area contributed by atoms with Gasteiger partial charge in [-0.2, -0.15) is 13.2 Å². The van der Waals surface area contributed by atoms with Crippen molar-refractivity contribution >= 4 is 28.5 Å². The summed E-state index contributed by atoms with van der Waals surface area (Å²) in [4.78, 5) is 8.81. The van der Waals surface area contributed by atoms with Crippen molar-refractivity contribution in [3.05, 3.63) is 60.3 Å². The van der Waals surface area contributed by atoms with Crippen LogP contribution in [0.25, 0.3) is 16.7 Å². The first-order valence-corrected chi connectivity index (χ1v) is 9.57. The number of benzene rings is 2. The summed E-state index contributed by atoms with van der Waals surface area (Å²) in [5.41, 5.74) is 1.41. The average molecular weight is 443 g/mol. The van der Waals surface area contributed by atoms with Crippen LogP contribution in [0.15, 0.2) is 54.7 Å². The van der Waals surface area contributed by atoms with Crippen LogP contribution in [0.3, 0.4) is 0 Å². The van der Waals surface area contributed by atoms with Crippen molar-refractivity contribution in [3.63, 3.8) is 0 Å². The Morgan fingerprint density at radius 1 is 0.969 bits per heavy atom. The summed E-state index contributed by atoms with van der Waals surface area (Å²) >= 11 is 0. The van der Waals surface area contributed by atoms with Crippen molar-refractivity contribution in [1.82, 2.24) is 14.5 Å². The molecule has 0 saturated heterocycles. The number of hydrogen-bond donors (Lipinski definition) is 2. The number of methoxy groups -OCH3 is 2. The number of pyridine rings is 1. The molecule has 7 nitrogen and oxygen atoms in total. The zero-order valence-corrected chi connectivity index (χ0v) is 17.5. The van der Waals surface area contributed by atoms with Gasteiger partial charge < -0.3 is 20.1 Å². The molecule has 0 saturated carbocycles. The first-order valence-electron chi connectivity index (χ1n) is 9.57. The average Bonchev–Trinajstić information content (AvgIpc) is 3.16. The molecule has 0 atom stereocenters. The Morgan fingerprint density at radius 2 is 1.75 bits per heavy atom. The Balaban J connectivity index is 1.78. The van der Waals surface area contributed by atoms with Crippen LogP contribution in [0.2, 0.25) is 0 Å². The molecule has 0 aliphatic rings. The van der Waals surface area contributed by atoms with Crippen molar-refractivity contribution in [2.75, 3.05) is 31.9 Å². The highest BCUT2D eigenvalue weighted by Gasteiger charge is 2.30. The number of alkyl halides is 3. The summed E-state index contributed by atoms with van der Waals surface area (Å²) in [6, 6.07) is 12.1. The quantitative estimate of drug-likeness (QED) is 0.425. The fourth-order valence-corrected chi connectivity index (χ4v) is 3.36. The third kappa shape index (κ3) is 3.98. The molecule has 166 valence electrons. The number of nitrogens with zero attached hydrogens (tertiary/aromatic N) is 3. The Bertz CT molecular complexity index is 1270. The second-order valence-electron chi connectivity index (χ2n) is 6.82. The van der Waals surface area contributed by atoms with E-state index in [0.717, 1.165) is 12.1 Å². The van der Waals surface area contributed by atoms with Crippen LogP contribution in [-0.2, 0) is 6.18 Å². The number of aromatic nitrogens is 3. The molecule has 0 spiro atoms. The van der Waals surface area contributed by atoms with E-state index in [1.807, 2.05) is 0 Å². The maximum Gasteiger partial charge on any atom is 0.416 e. The number of nitrogens with one attached hydrogen (secondary N) is 2. The van der Waals surface area contributed by atoms with Gasteiger partial charge in [-0.1, -0.05) is 6.07 Å².